The molecule has 0 aliphatic carbocycles. The summed E-state index contributed by atoms with van der Waals surface area (Å²) in [5.74, 6) is 0.112. The summed E-state index contributed by atoms with van der Waals surface area (Å²) in [5, 5.41) is 8.61. The Hall–Kier alpha value is -0.830. The van der Waals surface area contributed by atoms with Crippen LogP contribution in [0.15, 0.2) is 11.6 Å². The van der Waals surface area contributed by atoms with Crippen LogP contribution in [-0.4, -0.2) is 36.1 Å². The van der Waals surface area contributed by atoms with Gasteiger partial charge in [0.2, 0.25) is 5.91 Å². The number of rotatable bonds is 7. The molecule has 0 fully saturated rings. The molecule has 15 heavy (non-hydrogen) atoms. The highest BCUT2D eigenvalue weighted by Gasteiger charge is 2.09. The number of allylic oxidation sites excluding steroid dienone is 1. The van der Waals surface area contributed by atoms with Crippen molar-refractivity contribution in [2.45, 2.75) is 39.5 Å². The predicted molar refractivity (Wildman–Crippen MR) is 62.6 cm³/mol. The molecule has 3 heteroatoms. The molecule has 0 aliphatic rings. The number of carbonyl (C=O) groups excluding carboxylic acids is 1. The Bertz CT molecular complexity index is 212. The first-order chi connectivity index (χ1) is 7.13. The lowest BCUT2D eigenvalue weighted by molar-refractivity contribution is -0.125. The Morgan fingerprint density at radius 2 is 2.00 bits per heavy atom. The van der Waals surface area contributed by atoms with E-state index < -0.39 is 0 Å². The molecule has 88 valence electrons. The number of nitrogens with zero attached hydrogens (tertiary/aromatic N) is 1. The highest BCUT2D eigenvalue weighted by atomic mass is 16.2. The molecule has 0 radical (unpaired) electrons. The lowest BCUT2D eigenvalue weighted by Gasteiger charge is -2.17. The molecule has 0 aromatic carbocycles. The van der Waals surface area contributed by atoms with Gasteiger partial charge in [-0.05, 0) is 32.6 Å². The molecule has 0 atom stereocenters. The summed E-state index contributed by atoms with van der Waals surface area (Å²) in [6.07, 6.45) is 5.61. The molecular weight excluding hydrogens is 190 g/mol. The van der Waals surface area contributed by atoms with Gasteiger partial charge in [-0.25, -0.2) is 0 Å². The van der Waals surface area contributed by atoms with E-state index in [1.165, 1.54) is 0 Å². The monoisotopic (exact) mass is 213 g/mol. The number of aliphatic hydroxyl groups excluding tert-OH is 1. The van der Waals surface area contributed by atoms with Crippen LogP contribution in [0.2, 0.25) is 0 Å². The number of amides is 1. The summed E-state index contributed by atoms with van der Waals surface area (Å²) in [6, 6.07) is 0. The molecule has 0 heterocycles. The molecule has 0 aromatic rings. The van der Waals surface area contributed by atoms with E-state index in [9.17, 15) is 4.79 Å². The Morgan fingerprint density at radius 3 is 2.53 bits per heavy atom. The van der Waals surface area contributed by atoms with Crippen LogP contribution < -0.4 is 0 Å². The molecule has 0 aliphatic heterocycles. The number of unbranched alkanes of at least 4 members (excludes halogenated alkanes) is 2. The summed E-state index contributed by atoms with van der Waals surface area (Å²) < 4.78 is 0. The molecule has 0 saturated heterocycles. The largest absolute Gasteiger partial charge is 0.396 e. The zero-order valence-corrected chi connectivity index (χ0v) is 10.1. The van der Waals surface area contributed by atoms with Crippen molar-refractivity contribution in [3.63, 3.8) is 0 Å². The number of carbonyl (C=O) groups is 1. The highest BCUT2D eigenvalue weighted by Crippen LogP contribution is 2.03. The van der Waals surface area contributed by atoms with E-state index in [0.717, 1.165) is 37.8 Å². The number of aliphatic hydroxyl groups is 1. The normalized spacial score (nSPS) is 11.6. The lowest BCUT2D eigenvalue weighted by atomic mass is 10.2. The average Bonchev–Trinajstić information content (AvgIpc) is 2.23. The summed E-state index contributed by atoms with van der Waals surface area (Å²) in [7, 11) is 1.83. The first-order valence-electron chi connectivity index (χ1n) is 5.66. The van der Waals surface area contributed by atoms with E-state index in [-0.39, 0.29) is 12.5 Å². The molecule has 1 N–H and O–H groups in total. The average molecular weight is 213 g/mol. The lowest BCUT2D eigenvalue weighted by Crippen LogP contribution is -2.28. The van der Waals surface area contributed by atoms with Crippen LogP contribution in [0.25, 0.3) is 0 Å². The van der Waals surface area contributed by atoms with E-state index in [1.54, 1.807) is 4.90 Å². The second-order valence-electron chi connectivity index (χ2n) is 3.81. The second-order valence-corrected chi connectivity index (χ2v) is 3.81. The molecule has 0 bridgehead atoms. The molecular formula is C12H23NO2. The second kappa shape index (κ2) is 8.48. The molecule has 0 aromatic heterocycles. The Labute approximate surface area is 92.8 Å². The first kappa shape index (κ1) is 14.2. The van der Waals surface area contributed by atoms with Gasteiger partial charge in [-0.3, -0.25) is 4.79 Å². The molecule has 0 unspecified atom stereocenters. The van der Waals surface area contributed by atoms with Gasteiger partial charge in [0, 0.05) is 25.8 Å². The number of hydrogen-bond acceptors (Lipinski definition) is 2. The topological polar surface area (TPSA) is 40.5 Å². The van der Waals surface area contributed by atoms with E-state index in [2.05, 4.69) is 0 Å². The first-order valence-corrected chi connectivity index (χ1v) is 5.66. The van der Waals surface area contributed by atoms with Crippen LogP contribution in [0.3, 0.4) is 0 Å². The zero-order valence-electron chi connectivity index (χ0n) is 10.1. The Morgan fingerprint density at radius 1 is 1.33 bits per heavy atom. The zero-order chi connectivity index (χ0) is 11.7. The molecule has 1 amide bonds. The Kier molecular flexibility index (Phi) is 8.01. The molecule has 0 spiro atoms. The van der Waals surface area contributed by atoms with Gasteiger partial charge in [0.1, 0.15) is 0 Å². The van der Waals surface area contributed by atoms with Crippen molar-refractivity contribution in [1.29, 1.82) is 0 Å². The van der Waals surface area contributed by atoms with Gasteiger partial charge in [0.05, 0.1) is 0 Å². The van der Waals surface area contributed by atoms with Gasteiger partial charge >= 0.3 is 0 Å². The molecule has 3 nitrogen and oxygen atoms in total. The van der Waals surface area contributed by atoms with Gasteiger partial charge < -0.3 is 10.0 Å². The van der Waals surface area contributed by atoms with Crippen LogP contribution in [0, 0.1) is 0 Å². The summed E-state index contributed by atoms with van der Waals surface area (Å²) in [4.78, 5) is 13.5. The minimum Gasteiger partial charge on any atom is -0.396 e. The van der Waals surface area contributed by atoms with Crippen LogP contribution >= 0.6 is 0 Å². The molecule has 0 saturated carbocycles. The minimum absolute atomic E-state index is 0.112. The van der Waals surface area contributed by atoms with Crippen molar-refractivity contribution in [3.05, 3.63) is 11.6 Å². The van der Waals surface area contributed by atoms with E-state index >= 15 is 0 Å². The van der Waals surface area contributed by atoms with Crippen molar-refractivity contribution < 1.29 is 9.90 Å². The van der Waals surface area contributed by atoms with E-state index in [0.29, 0.717) is 0 Å². The minimum atomic E-state index is 0.112. The fourth-order valence-corrected chi connectivity index (χ4v) is 1.43. The van der Waals surface area contributed by atoms with Gasteiger partial charge in [0.15, 0.2) is 0 Å². The van der Waals surface area contributed by atoms with Crippen molar-refractivity contribution in [3.8, 4) is 0 Å². The van der Waals surface area contributed by atoms with E-state index in [4.69, 9.17) is 5.11 Å². The molecule has 0 rings (SSSR count). The third kappa shape index (κ3) is 6.28. The van der Waals surface area contributed by atoms with Gasteiger partial charge in [-0.15, -0.1) is 0 Å². The summed E-state index contributed by atoms with van der Waals surface area (Å²) in [6.45, 7) is 4.90. The van der Waals surface area contributed by atoms with Crippen LogP contribution in [0.4, 0.5) is 0 Å². The quantitative estimate of drug-likeness (QED) is 0.519. The van der Waals surface area contributed by atoms with Crippen molar-refractivity contribution in [1.82, 2.24) is 4.90 Å². The van der Waals surface area contributed by atoms with Crippen LogP contribution in [-0.2, 0) is 4.79 Å². The third-order valence-corrected chi connectivity index (χ3v) is 2.35. The standard InChI is InChI=1S/C12H23NO2/c1-4-8-11(2)12(15)13(3)9-6-5-7-10-14/h8,14H,4-7,9-10H2,1-3H3/b11-8-. The SMILES string of the molecule is CC/C=C(/C)C(=O)N(C)CCCCCO. The maximum Gasteiger partial charge on any atom is 0.248 e. The summed E-state index contributed by atoms with van der Waals surface area (Å²) in [5.41, 5.74) is 0.821. The maximum atomic E-state index is 11.7. The van der Waals surface area contributed by atoms with Gasteiger partial charge in [-0.1, -0.05) is 13.0 Å². The Balaban J connectivity index is 3.84. The number of hydrogen-bond donors (Lipinski definition) is 1. The maximum absolute atomic E-state index is 11.7. The smallest absolute Gasteiger partial charge is 0.248 e. The van der Waals surface area contributed by atoms with E-state index in [1.807, 2.05) is 27.0 Å². The number of likely N-dealkylation sites (N-methyl/N-ethyl adjacent to an activating group) is 1. The predicted octanol–water partition coefficient (Wildman–Crippen LogP) is 1.96. The van der Waals surface area contributed by atoms with Crippen LogP contribution in [0.1, 0.15) is 39.5 Å². The fraction of sp³-hybridized carbons (Fsp3) is 0.750. The summed E-state index contributed by atoms with van der Waals surface area (Å²) >= 11 is 0. The highest BCUT2D eigenvalue weighted by molar-refractivity contribution is 5.92. The van der Waals surface area contributed by atoms with Crippen molar-refractivity contribution in [2.75, 3.05) is 20.2 Å². The van der Waals surface area contributed by atoms with Crippen molar-refractivity contribution >= 4 is 5.91 Å². The fourth-order valence-electron chi connectivity index (χ4n) is 1.43. The van der Waals surface area contributed by atoms with Crippen molar-refractivity contribution in [2.24, 2.45) is 0 Å². The van der Waals surface area contributed by atoms with Crippen LogP contribution in [0.5, 0.6) is 0 Å². The third-order valence-electron chi connectivity index (χ3n) is 2.35. The van der Waals surface area contributed by atoms with Gasteiger partial charge in [0.25, 0.3) is 0 Å². The van der Waals surface area contributed by atoms with Gasteiger partial charge in [-0.2, -0.15) is 0 Å².